The fraction of sp³-hybridized carbons (Fsp3) is 0.706. The number of thiophene rings is 1. The maximum atomic E-state index is 12.9. The second-order valence-electron chi connectivity index (χ2n) is 7.46. The molecule has 2 heterocycles. The lowest BCUT2D eigenvalue weighted by Crippen LogP contribution is -2.55. The Kier molecular flexibility index (Phi) is 7.12. The number of sulfonamides is 1. The average molecular weight is 422 g/mol. The van der Waals surface area contributed by atoms with Gasteiger partial charge < -0.3 is 10.6 Å². The molecule has 3 rings (SSSR count). The van der Waals surface area contributed by atoms with Gasteiger partial charge in [-0.05, 0) is 44.1 Å². The molecule has 2 atom stereocenters. The number of hydrogen-bond acceptors (Lipinski definition) is 5. The average Bonchev–Trinajstić information content (AvgIpc) is 3.10. The molecule has 3 N–H and O–H groups in total. The van der Waals surface area contributed by atoms with E-state index < -0.39 is 15.6 Å². The van der Waals surface area contributed by atoms with Crippen molar-refractivity contribution in [2.75, 3.05) is 13.1 Å². The molecule has 1 saturated heterocycles. The van der Waals surface area contributed by atoms with Crippen LogP contribution in [0.5, 0.6) is 0 Å². The number of likely N-dealkylation sites (tertiary alicyclic amines) is 1. The topological polar surface area (TPSA) is 92.5 Å². The summed E-state index contributed by atoms with van der Waals surface area (Å²) in [6.45, 7) is 3.16. The first kappa shape index (κ1) is 21.6. The zero-order valence-corrected chi connectivity index (χ0v) is 17.5. The minimum Gasteiger partial charge on any atom is -0.342 e. The van der Waals surface area contributed by atoms with Crippen molar-refractivity contribution in [3.8, 4) is 0 Å². The van der Waals surface area contributed by atoms with Gasteiger partial charge in [0.05, 0.1) is 5.92 Å². The van der Waals surface area contributed by atoms with Crippen molar-refractivity contribution in [2.45, 2.75) is 61.2 Å². The second kappa shape index (κ2) is 8.56. The maximum absolute atomic E-state index is 12.9. The highest BCUT2D eigenvalue weighted by molar-refractivity contribution is 7.91. The smallest absolute Gasteiger partial charge is 0.250 e. The number of piperidine rings is 1. The molecule has 2 fully saturated rings. The third kappa shape index (κ3) is 4.78. The van der Waals surface area contributed by atoms with E-state index in [0.717, 1.165) is 25.7 Å². The molecule has 1 aromatic heterocycles. The Hall–Kier alpha value is -0.670. The van der Waals surface area contributed by atoms with Crippen molar-refractivity contribution >= 4 is 39.7 Å². The summed E-state index contributed by atoms with van der Waals surface area (Å²) < 4.78 is 27.7. The van der Waals surface area contributed by atoms with Gasteiger partial charge in [-0.1, -0.05) is 18.9 Å². The van der Waals surface area contributed by atoms with Crippen LogP contribution in [0.25, 0.3) is 0 Å². The van der Waals surface area contributed by atoms with Crippen molar-refractivity contribution in [1.82, 2.24) is 9.62 Å². The fourth-order valence-corrected chi connectivity index (χ4v) is 6.21. The number of carbonyl (C=O) groups is 1. The van der Waals surface area contributed by atoms with Crippen molar-refractivity contribution < 1.29 is 13.2 Å². The quantitative estimate of drug-likeness (QED) is 0.780. The summed E-state index contributed by atoms with van der Waals surface area (Å²) in [6.07, 6.45) is 5.18. The van der Waals surface area contributed by atoms with Crippen molar-refractivity contribution in [2.24, 2.45) is 11.7 Å². The van der Waals surface area contributed by atoms with Gasteiger partial charge in [0.25, 0.3) is 0 Å². The molecule has 1 aromatic rings. The normalized spacial score (nSPS) is 27.8. The molecule has 148 valence electrons. The van der Waals surface area contributed by atoms with Crippen LogP contribution in [-0.4, -0.2) is 43.9 Å². The van der Waals surface area contributed by atoms with E-state index in [1.165, 1.54) is 11.3 Å². The summed E-state index contributed by atoms with van der Waals surface area (Å²) in [6, 6.07) is 3.22. The van der Waals surface area contributed by atoms with Crippen molar-refractivity contribution in [3.05, 3.63) is 17.5 Å². The Balaban J connectivity index is 0.00000243. The summed E-state index contributed by atoms with van der Waals surface area (Å²) in [4.78, 5) is 14.7. The van der Waals surface area contributed by atoms with Gasteiger partial charge in [-0.15, -0.1) is 23.7 Å². The van der Waals surface area contributed by atoms with Crippen LogP contribution in [0.4, 0.5) is 0 Å². The summed E-state index contributed by atoms with van der Waals surface area (Å²) in [5.41, 5.74) is 5.93. The lowest BCUT2D eigenvalue weighted by Gasteiger charge is -2.41. The van der Waals surface area contributed by atoms with Crippen LogP contribution in [0.1, 0.15) is 45.4 Å². The number of nitrogens with one attached hydrogen (secondary N) is 1. The number of nitrogens with zero attached hydrogens (tertiary/aromatic N) is 1. The van der Waals surface area contributed by atoms with Gasteiger partial charge in [-0.2, -0.15) is 0 Å². The number of amides is 1. The van der Waals surface area contributed by atoms with E-state index in [1.54, 1.807) is 17.5 Å². The van der Waals surface area contributed by atoms with E-state index in [4.69, 9.17) is 5.73 Å². The van der Waals surface area contributed by atoms with Crippen molar-refractivity contribution in [3.63, 3.8) is 0 Å². The summed E-state index contributed by atoms with van der Waals surface area (Å²) in [7, 11) is -3.45. The predicted octanol–water partition coefficient (Wildman–Crippen LogP) is 2.35. The third-order valence-corrected chi connectivity index (χ3v) is 8.36. The van der Waals surface area contributed by atoms with E-state index in [9.17, 15) is 13.2 Å². The van der Waals surface area contributed by atoms with Gasteiger partial charge in [0.15, 0.2) is 0 Å². The van der Waals surface area contributed by atoms with Gasteiger partial charge in [-0.25, -0.2) is 13.1 Å². The lowest BCUT2D eigenvalue weighted by atomic mass is 9.74. The molecule has 6 nitrogen and oxygen atoms in total. The number of halogens is 1. The summed E-state index contributed by atoms with van der Waals surface area (Å²) in [5, 5.41) is 1.75. The second-order valence-corrected chi connectivity index (χ2v) is 10.3. The monoisotopic (exact) mass is 421 g/mol. The van der Waals surface area contributed by atoms with E-state index in [1.807, 2.05) is 11.8 Å². The van der Waals surface area contributed by atoms with Crippen LogP contribution >= 0.6 is 23.7 Å². The molecule has 1 aliphatic heterocycles. The maximum Gasteiger partial charge on any atom is 0.250 e. The first-order valence-electron chi connectivity index (χ1n) is 8.93. The zero-order chi connectivity index (χ0) is 18.1. The van der Waals surface area contributed by atoms with Crippen molar-refractivity contribution in [1.29, 1.82) is 0 Å². The van der Waals surface area contributed by atoms with Gasteiger partial charge >= 0.3 is 0 Å². The zero-order valence-electron chi connectivity index (χ0n) is 15.0. The molecule has 1 amide bonds. The van der Waals surface area contributed by atoms with Gasteiger partial charge in [-0.3, -0.25) is 4.79 Å². The number of carbonyl (C=O) groups excluding carboxylic acids is 1. The van der Waals surface area contributed by atoms with E-state index >= 15 is 0 Å². The Bertz CT molecular complexity index is 699. The molecular formula is C17H28ClN3O3S2. The molecule has 0 spiro atoms. The molecule has 1 saturated carbocycles. The molecule has 2 unspecified atom stereocenters. The van der Waals surface area contributed by atoms with Gasteiger partial charge in [0, 0.05) is 24.7 Å². The molecular weight excluding hydrogens is 394 g/mol. The first-order chi connectivity index (χ1) is 11.8. The van der Waals surface area contributed by atoms with Gasteiger partial charge in [0.2, 0.25) is 15.9 Å². The van der Waals surface area contributed by atoms with Crippen LogP contribution in [0.2, 0.25) is 0 Å². The minimum absolute atomic E-state index is 0. The standard InChI is InChI=1S/C17H27N3O3S2.ClH/c1-17(18)9-3-2-5-14(17)16(21)20-10-7-13(8-11-20)19-25(22,23)15-6-4-12-24-15;/h4,6,12-14,19H,2-3,5,7-11,18H2,1H3;1H. The summed E-state index contributed by atoms with van der Waals surface area (Å²) >= 11 is 1.21. The predicted molar refractivity (Wildman–Crippen MR) is 106 cm³/mol. The molecule has 1 aliphatic carbocycles. The Morgan fingerprint density at radius 1 is 1.31 bits per heavy atom. The third-order valence-electron chi connectivity index (χ3n) is 5.44. The lowest BCUT2D eigenvalue weighted by molar-refractivity contribution is -0.140. The largest absolute Gasteiger partial charge is 0.342 e. The number of nitrogens with two attached hydrogens (primary N) is 1. The van der Waals surface area contributed by atoms with Crippen LogP contribution in [0, 0.1) is 5.92 Å². The van der Waals surface area contributed by atoms with Crippen LogP contribution in [0.15, 0.2) is 21.7 Å². The van der Waals surface area contributed by atoms with Crippen LogP contribution < -0.4 is 10.5 Å². The van der Waals surface area contributed by atoms with E-state index in [-0.39, 0.29) is 30.3 Å². The molecule has 2 aliphatic rings. The molecule has 0 radical (unpaired) electrons. The molecule has 0 bridgehead atoms. The minimum atomic E-state index is -3.45. The first-order valence-corrected chi connectivity index (χ1v) is 11.3. The number of rotatable bonds is 4. The highest BCUT2D eigenvalue weighted by Gasteiger charge is 2.40. The Morgan fingerprint density at radius 2 is 2.00 bits per heavy atom. The molecule has 26 heavy (non-hydrogen) atoms. The Morgan fingerprint density at radius 3 is 2.58 bits per heavy atom. The van der Waals surface area contributed by atoms with E-state index in [0.29, 0.717) is 30.1 Å². The molecule has 0 aromatic carbocycles. The fourth-order valence-electron chi connectivity index (χ4n) is 3.90. The SMILES string of the molecule is CC1(N)CCCCC1C(=O)N1CCC(NS(=O)(=O)c2cccs2)CC1.Cl. The Labute approximate surface area is 166 Å². The van der Waals surface area contributed by atoms with Crippen LogP contribution in [0.3, 0.4) is 0 Å². The highest BCUT2D eigenvalue weighted by atomic mass is 35.5. The van der Waals surface area contributed by atoms with Gasteiger partial charge in [0.1, 0.15) is 4.21 Å². The highest BCUT2D eigenvalue weighted by Crippen LogP contribution is 2.33. The summed E-state index contributed by atoms with van der Waals surface area (Å²) in [5.74, 6) is 0.0323. The van der Waals surface area contributed by atoms with E-state index in [2.05, 4.69) is 4.72 Å². The number of hydrogen-bond donors (Lipinski definition) is 2. The van der Waals surface area contributed by atoms with Crippen LogP contribution in [-0.2, 0) is 14.8 Å². The molecule has 9 heteroatoms.